The van der Waals surface area contributed by atoms with Gasteiger partial charge in [0.05, 0.1) is 18.2 Å². The van der Waals surface area contributed by atoms with Crippen LogP contribution in [0.1, 0.15) is 34.3 Å². The molecule has 0 atom stereocenters. The van der Waals surface area contributed by atoms with Crippen LogP contribution in [0.4, 0.5) is 23.7 Å². The first kappa shape index (κ1) is 22.5. The molecule has 0 bridgehead atoms. The van der Waals surface area contributed by atoms with Crippen molar-refractivity contribution in [1.29, 1.82) is 0 Å². The third-order valence-electron chi connectivity index (χ3n) is 5.20. The minimum absolute atomic E-state index is 0.00518. The topological polar surface area (TPSA) is 70.7 Å². The van der Waals surface area contributed by atoms with Crippen molar-refractivity contribution >= 4 is 17.7 Å². The highest BCUT2D eigenvalue weighted by Gasteiger charge is 2.30. The SMILES string of the molecule is COC(=O)NC1CCN(c2ccccc2C(=O)NCc2cccc(C(F)(F)F)c2)CC1. The number of carbonyl (C=O) groups excluding carboxylic acids is 2. The maximum absolute atomic E-state index is 12.9. The Morgan fingerprint density at radius 2 is 1.81 bits per heavy atom. The van der Waals surface area contributed by atoms with Gasteiger partial charge in [-0.1, -0.05) is 24.3 Å². The molecular weight excluding hydrogens is 411 g/mol. The van der Waals surface area contributed by atoms with Crippen LogP contribution in [0.5, 0.6) is 0 Å². The Kier molecular flexibility index (Phi) is 7.04. The number of hydrogen-bond acceptors (Lipinski definition) is 4. The van der Waals surface area contributed by atoms with Crippen LogP contribution >= 0.6 is 0 Å². The van der Waals surface area contributed by atoms with Crippen LogP contribution in [0.2, 0.25) is 0 Å². The van der Waals surface area contributed by atoms with Gasteiger partial charge in [-0.2, -0.15) is 13.2 Å². The number of piperidine rings is 1. The Hall–Kier alpha value is -3.23. The average Bonchev–Trinajstić information content (AvgIpc) is 2.77. The van der Waals surface area contributed by atoms with Gasteiger partial charge in [0, 0.05) is 31.4 Å². The molecule has 0 spiro atoms. The first-order valence-electron chi connectivity index (χ1n) is 9.90. The molecule has 31 heavy (non-hydrogen) atoms. The van der Waals surface area contributed by atoms with Gasteiger partial charge in [-0.15, -0.1) is 0 Å². The molecule has 0 saturated carbocycles. The summed E-state index contributed by atoms with van der Waals surface area (Å²) in [6.45, 7) is 1.28. The van der Waals surface area contributed by atoms with Gasteiger partial charge in [0.15, 0.2) is 0 Å². The number of nitrogens with one attached hydrogen (secondary N) is 2. The second kappa shape index (κ2) is 9.72. The van der Waals surface area contributed by atoms with Gasteiger partial charge in [-0.3, -0.25) is 4.79 Å². The third-order valence-corrected chi connectivity index (χ3v) is 5.20. The highest BCUT2D eigenvalue weighted by Crippen LogP contribution is 2.29. The van der Waals surface area contributed by atoms with E-state index in [1.165, 1.54) is 13.2 Å². The van der Waals surface area contributed by atoms with Crippen LogP contribution in [-0.4, -0.2) is 38.2 Å². The summed E-state index contributed by atoms with van der Waals surface area (Å²) in [6.07, 6.45) is -3.49. The number of amides is 2. The molecule has 0 radical (unpaired) electrons. The summed E-state index contributed by atoms with van der Waals surface area (Å²) in [4.78, 5) is 26.2. The van der Waals surface area contributed by atoms with Crippen molar-refractivity contribution in [3.05, 3.63) is 65.2 Å². The lowest BCUT2D eigenvalue weighted by atomic mass is 10.0. The summed E-state index contributed by atoms with van der Waals surface area (Å²) in [7, 11) is 1.32. The van der Waals surface area contributed by atoms with Crippen molar-refractivity contribution < 1.29 is 27.5 Å². The van der Waals surface area contributed by atoms with Gasteiger partial charge in [0.25, 0.3) is 5.91 Å². The van der Waals surface area contributed by atoms with E-state index in [4.69, 9.17) is 0 Å². The zero-order chi connectivity index (χ0) is 22.4. The largest absolute Gasteiger partial charge is 0.453 e. The van der Waals surface area contributed by atoms with Gasteiger partial charge in [0.2, 0.25) is 0 Å². The monoisotopic (exact) mass is 435 g/mol. The standard InChI is InChI=1S/C22H24F3N3O3/c1-31-21(30)27-17-9-11-28(12-10-17)19-8-3-2-7-18(19)20(29)26-14-15-5-4-6-16(13-15)22(23,24)25/h2-8,13,17H,9-12,14H2,1H3,(H,26,29)(H,27,30). The summed E-state index contributed by atoms with van der Waals surface area (Å²) in [5.41, 5.74) is 0.827. The van der Waals surface area contributed by atoms with E-state index in [2.05, 4.69) is 20.3 Å². The molecule has 1 fully saturated rings. The normalized spacial score (nSPS) is 14.8. The molecule has 1 aliphatic heterocycles. The molecule has 2 N–H and O–H groups in total. The van der Waals surface area contributed by atoms with Crippen molar-refractivity contribution in [3.63, 3.8) is 0 Å². The molecule has 2 amide bonds. The minimum Gasteiger partial charge on any atom is -0.453 e. The number of halogens is 3. The molecule has 9 heteroatoms. The number of carbonyl (C=O) groups is 2. The summed E-state index contributed by atoms with van der Waals surface area (Å²) >= 11 is 0. The van der Waals surface area contributed by atoms with Crippen molar-refractivity contribution in [2.45, 2.75) is 31.6 Å². The maximum Gasteiger partial charge on any atom is 0.416 e. The Balaban J connectivity index is 1.64. The first-order valence-corrected chi connectivity index (χ1v) is 9.90. The van der Waals surface area contributed by atoms with Crippen LogP contribution in [0.25, 0.3) is 0 Å². The lowest BCUT2D eigenvalue weighted by Gasteiger charge is -2.34. The van der Waals surface area contributed by atoms with Crippen molar-refractivity contribution in [2.24, 2.45) is 0 Å². The molecule has 0 aliphatic carbocycles. The van der Waals surface area contributed by atoms with E-state index < -0.39 is 17.8 Å². The number of nitrogens with zero attached hydrogens (tertiary/aromatic N) is 1. The molecule has 0 aromatic heterocycles. The summed E-state index contributed by atoms with van der Waals surface area (Å²) in [5.74, 6) is -0.358. The van der Waals surface area contributed by atoms with E-state index in [1.54, 1.807) is 18.2 Å². The molecule has 2 aromatic rings. The molecule has 166 valence electrons. The fourth-order valence-corrected chi connectivity index (χ4v) is 3.57. The Morgan fingerprint density at radius 3 is 2.48 bits per heavy atom. The number of anilines is 1. The highest BCUT2D eigenvalue weighted by atomic mass is 19.4. The number of alkyl carbamates (subject to hydrolysis) is 1. The highest BCUT2D eigenvalue weighted by molar-refractivity contribution is 5.99. The zero-order valence-corrected chi connectivity index (χ0v) is 17.0. The quantitative estimate of drug-likeness (QED) is 0.746. The summed E-state index contributed by atoms with van der Waals surface area (Å²) < 4.78 is 43.3. The van der Waals surface area contributed by atoms with Crippen LogP contribution in [0, 0.1) is 0 Å². The van der Waals surface area contributed by atoms with Crippen LogP contribution < -0.4 is 15.5 Å². The Labute approximate surface area is 178 Å². The molecular formula is C22H24F3N3O3. The van der Waals surface area contributed by atoms with Gasteiger partial charge >= 0.3 is 12.3 Å². The molecule has 1 saturated heterocycles. The lowest BCUT2D eigenvalue weighted by Crippen LogP contribution is -2.45. The number of hydrogen-bond donors (Lipinski definition) is 2. The maximum atomic E-state index is 12.9. The van der Waals surface area contributed by atoms with Gasteiger partial charge in [-0.25, -0.2) is 4.79 Å². The van der Waals surface area contributed by atoms with Gasteiger partial charge in [0.1, 0.15) is 0 Å². The number of rotatable bonds is 5. The van der Waals surface area contributed by atoms with E-state index >= 15 is 0 Å². The van der Waals surface area contributed by atoms with Crippen LogP contribution in [0.3, 0.4) is 0 Å². The number of alkyl halides is 3. The minimum atomic E-state index is -4.43. The van der Waals surface area contributed by atoms with Crippen molar-refractivity contribution in [2.75, 3.05) is 25.1 Å². The lowest BCUT2D eigenvalue weighted by molar-refractivity contribution is -0.137. The number of ether oxygens (including phenoxy) is 1. The van der Waals surface area contributed by atoms with Crippen molar-refractivity contribution in [3.8, 4) is 0 Å². The van der Waals surface area contributed by atoms with Crippen LogP contribution in [0.15, 0.2) is 48.5 Å². The van der Waals surface area contributed by atoms with Gasteiger partial charge < -0.3 is 20.3 Å². The van der Waals surface area contributed by atoms with E-state index in [-0.39, 0.29) is 18.5 Å². The average molecular weight is 435 g/mol. The third kappa shape index (κ3) is 5.90. The molecule has 3 rings (SSSR count). The molecule has 0 unspecified atom stereocenters. The van der Waals surface area contributed by atoms with E-state index in [0.717, 1.165) is 17.8 Å². The number of methoxy groups -OCH3 is 1. The fraction of sp³-hybridized carbons (Fsp3) is 0.364. The second-order valence-electron chi connectivity index (χ2n) is 7.30. The predicted molar refractivity (Wildman–Crippen MR) is 110 cm³/mol. The zero-order valence-electron chi connectivity index (χ0n) is 17.0. The molecule has 2 aromatic carbocycles. The second-order valence-corrected chi connectivity index (χ2v) is 7.30. The molecule has 6 nitrogen and oxygen atoms in total. The van der Waals surface area contributed by atoms with E-state index in [9.17, 15) is 22.8 Å². The summed E-state index contributed by atoms with van der Waals surface area (Å²) in [6, 6.07) is 12.0. The first-order chi connectivity index (χ1) is 14.8. The predicted octanol–water partition coefficient (Wildman–Crippen LogP) is 3.96. The van der Waals surface area contributed by atoms with E-state index in [1.807, 2.05) is 12.1 Å². The van der Waals surface area contributed by atoms with E-state index in [0.29, 0.717) is 37.1 Å². The number of benzene rings is 2. The van der Waals surface area contributed by atoms with Crippen LogP contribution in [-0.2, 0) is 17.5 Å². The van der Waals surface area contributed by atoms with Crippen molar-refractivity contribution in [1.82, 2.24) is 10.6 Å². The Bertz CT molecular complexity index is 925. The number of para-hydroxylation sites is 1. The van der Waals surface area contributed by atoms with Gasteiger partial charge in [-0.05, 0) is 42.7 Å². The fourth-order valence-electron chi connectivity index (χ4n) is 3.57. The smallest absolute Gasteiger partial charge is 0.416 e. The Morgan fingerprint density at radius 1 is 1.10 bits per heavy atom. The summed E-state index contributed by atoms with van der Waals surface area (Å²) in [5, 5.41) is 5.49. The molecule has 1 heterocycles. The molecule has 1 aliphatic rings.